The van der Waals surface area contributed by atoms with Crippen molar-refractivity contribution in [2.75, 3.05) is 6.61 Å². The molecule has 1 aromatic rings. The van der Waals surface area contributed by atoms with E-state index in [0.29, 0.717) is 6.42 Å². The van der Waals surface area contributed by atoms with Crippen molar-refractivity contribution in [2.24, 2.45) is 5.84 Å². The second-order valence-electron chi connectivity index (χ2n) is 3.53. The summed E-state index contributed by atoms with van der Waals surface area (Å²) < 4.78 is 9.66. The Morgan fingerprint density at radius 3 is 2.56 bits per heavy atom. The predicted molar refractivity (Wildman–Crippen MR) is 64.1 cm³/mol. The molecule has 0 saturated heterocycles. The number of nitrogens with one attached hydrogen (secondary N) is 1. The minimum Gasteiger partial charge on any atom is -0.461 e. The highest BCUT2D eigenvalue weighted by molar-refractivity contribution is 5.69. The lowest BCUT2D eigenvalue weighted by molar-refractivity contribution is -0.145. The van der Waals surface area contributed by atoms with Gasteiger partial charge in [-0.3, -0.25) is 10.2 Å². The van der Waals surface area contributed by atoms with E-state index < -0.39 is 6.09 Å². The van der Waals surface area contributed by atoms with Gasteiger partial charge in [-0.05, 0) is 12.0 Å². The molecule has 0 aromatic heterocycles. The van der Waals surface area contributed by atoms with Gasteiger partial charge < -0.3 is 9.47 Å². The molecule has 0 unspecified atom stereocenters. The quantitative estimate of drug-likeness (QED) is 0.260. The minimum atomic E-state index is -0.715. The van der Waals surface area contributed by atoms with Crippen LogP contribution in [0.2, 0.25) is 0 Å². The average molecular weight is 252 g/mol. The van der Waals surface area contributed by atoms with Crippen LogP contribution < -0.4 is 11.3 Å². The van der Waals surface area contributed by atoms with Gasteiger partial charge in [0, 0.05) is 6.42 Å². The molecule has 1 rings (SSSR count). The third-order valence-corrected chi connectivity index (χ3v) is 2.12. The summed E-state index contributed by atoms with van der Waals surface area (Å²) in [6.45, 7) is 0.382. The number of ether oxygens (including phenoxy) is 2. The van der Waals surface area contributed by atoms with Crippen molar-refractivity contribution in [3.8, 4) is 0 Å². The van der Waals surface area contributed by atoms with Crippen molar-refractivity contribution in [3.63, 3.8) is 0 Å². The zero-order chi connectivity index (χ0) is 13.2. The van der Waals surface area contributed by atoms with E-state index in [4.69, 9.17) is 10.6 Å². The highest BCUT2D eigenvalue weighted by atomic mass is 16.6. The van der Waals surface area contributed by atoms with Gasteiger partial charge in [-0.1, -0.05) is 30.3 Å². The molecule has 0 heterocycles. The monoisotopic (exact) mass is 252 g/mol. The van der Waals surface area contributed by atoms with Crippen molar-refractivity contribution < 1.29 is 19.1 Å². The van der Waals surface area contributed by atoms with Crippen LogP contribution in [0, 0.1) is 0 Å². The molecule has 0 aliphatic carbocycles. The standard InChI is InChI=1S/C12H16N2O4/c13-14-12(16)17-8-4-7-11(15)18-9-10-5-2-1-3-6-10/h1-3,5-6H,4,7-9,13H2,(H,14,16). The number of hydrogen-bond donors (Lipinski definition) is 2. The Morgan fingerprint density at radius 2 is 1.89 bits per heavy atom. The number of carbonyl (C=O) groups excluding carboxylic acids is 2. The average Bonchev–Trinajstić information content (AvgIpc) is 2.42. The molecule has 0 radical (unpaired) electrons. The van der Waals surface area contributed by atoms with Gasteiger partial charge in [0.2, 0.25) is 0 Å². The number of benzene rings is 1. The second kappa shape index (κ2) is 8.08. The van der Waals surface area contributed by atoms with E-state index in [9.17, 15) is 9.59 Å². The number of rotatable bonds is 6. The fourth-order valence-corrected chi connectivity index (χ4v) is 1.23. The Kier molecular flexibility index (Phi) is 6.27. The highest BCUT2D eigenvalue weighted by Crippen LogP contribution is 2.02. The first-order valence-corrected chi connectivity index (χ1v) is 5.55. The van der Waals surface area contributed by atoms with E-state index in [1.165, 1.54) is 0 Å². The van der Waals surface area contributed by atoms with Gasteiger partial charge >= 0.3 is 12.1 Å². The maximum absolute atomic E-state index is 11.3. The van der Waals surface area contributed by atoms with Crippen LogP contribution in [0.25, 0.3) is 0 Å². The molecule has 0 atom stereocenters. The van der Waals surface area contributed by atoms with E-state index in [-0.39, 0.29) is 25.6 Å². The molecule has 6 nitrogen and oxygen atoms in total. The summed E-state index contributed by atoms with van der Waals surface area (Å²) in [6, 6.07) is 9.40. The van der Waals surface area contributed by atoms with E-state index in [0.717, 1.165) is 5.56 Å². The second-order valence-corrected chi connectivity index (χ2v) is 3.53. The fourth-order valence-electron chi connectivity index (χ4n) is 1.23. The molecular formula is C12H16N2O4. The molecule has 0 spiro atoms. The summed E-state index contributed by atoms with van der Waals surface area (Å²) in [4.78, 5) is 21.9. The molecule has 0 fully saturated rings. The summed E-state index contributed by atoms with van der Waals surface area (Å²) in [6.07, 6.45) is -0.112. The summed E-state index contributed by atoms with van der Waals surface area (Å²) >= 11 is 0. The molecule has 3 N–H and O–H groups in total. The van der Waals surface area contributed by atoms with Crippen LogP contribution in [0.1, 0.15) is 18.4 Å². The summed E-state index contributed by atoms with van der Waals surface area (Å²) in [5.74, 6) is 4.49. The maximum Gasteiger partial charge on any atom is 0.421 e. The topological polar surface area (TPSA) is 90.6 Å². The van der Waals surface area contributed by atoms with Crippen LogP contribution in [0.5, 0.6) is 0 Å². The molecule has 18 heavy (non-hydrogen) atoms. The highest BCUT2D eigenvalue weighted by Gasteiger charge is 2.04. The molecule has 6 heteroatoms. The molecule has 1 amide bonds. The first kappa shape index (κ1) is 14.0. The molecule has 1 aromatic carbocycles. The predicted octanol–water partition coefficient (Wildman–Crippen LogP) is 1.11. The van der Waals surface area contributed by atoms with Gasteiger partial charge in [0.1, 0.15) is 6.61 Å². The van der Waals surface area contributed by atoms with Crippen molar-refractivity contribution in [1.29, 1.82) is 0 Å². The maximum atomic E-state index is 11.3. The lowest BCUT2D eigenvalue weighted by atomic mass is 10.2. The molecular weight excluding hydrogens is 236 g/mol. The van der Waals surface area contributed by atoms with E-state index in [2.05, 4.69) is 4.74 Å². The first-order valence-electron chi connectivity index (χ1n) is 5.55. The third kappa shape index (κ3) is 5.86. The van der Waals surface area contributed by atoms with Gasteiger partial charge in [-0.25, -0.2) is 10.6 Å². The van der Waals surface area contributed by atoms with Gasteiger partial charge in [0.15, 0.2) is 0 Å². The Hall–Kier alpha value is -2.08. The summed E-state index contributed by atoms with van der Waals surface area (Å²) in [5, 5.41) is 0. The molecule has 0 aliphatic rings. The van der Waals surface area contributed by atoms with Crippen LogP contribution in [0.3, 0.4) is 0 Å². The smallest absolute Gasteiger partial charge is 0.421 e. The summed E-state index contributed by atoms with van der Waals surface area (Å²) in [7, 11) is 0. The van der Waals surface area contributed by atoms with Gasteiger partial charge in [-0.2, -0.15) is 0 Å². The molecule has 98 valence electrons. The number of hydrogen-bond acceptors (Lipinski definition) is 5. The van der Waals surface area contributed by atoms with Crippen molar-refractivity contribution in [1.82, 2.24) is 5.43 Å². The number of carbonyl (C=O) groups is 2. The number of nitrogens with two attached hydrogens (primary N) is 1. The van der Waals surface area contributed by atoms with Gasteiger partial charge in [0.25, 0.3) is 0 Å². The van der Waals surface area contributed by atoms with E-state index >= 15 is 0 Å². The third-order valence-electron chi connectivity index (χ3n) is 2.12. The molecule has 0 aliphatic heterocycles. The van der Waals surface area contributed by atoms with Crippen LogP contribution in [0.15, 0.2) is 30.3 Å². The SMILES string of the molecule is NNC(=O)OCCCC(=O)OCc1ccccc1. The Bertz CT molecular complexity index is 381. The lowest BCUT2D eigenvalue weighted by Crippen LogP contribution is -2.30. The Morgan fingerprint density at radius 1 is 1.17 bits per heavy atom. The van der Waals surface area contributed by atoms with Crippen LogP contribution in [-0.2, 0) is 20.9 Å². The normalized spacial score (nSPS) is 9.61. The van der Waals surface area contributed by atoms with Crippen molar-refractivity contribution >= 4 is 12.1 Å². The number of esters is 1. The van der Waals surface area contributed by atoms with Crippen LogP contribution >= 0.6 is 0 Å². The number of amides is 1. The van der Waals surface area contributed by atoms with Crippen molar-refractivity contribution in [3.05, 3.63) is 35.9 Å². The lowest BCUT2D eigenvalue weighted by Gasteiger charge is -2.05. The summed E-state index contributed by atoms with van der Waals surface area (Å²) in [5.41, 5.74) is 2.76. The van der Waals surface area contributed by atoms with Crippen LogP contribution in [-0.4, -0.2) is 18.7 Å². The minimum absolute atomic E-state index is 0.128. The fraction of sp³-hybridized carbons (Fsp3) is 0.333. The molecule has 0 bridgehead atoms. The zero-order valence-corrected chi connectivity index (χ0v) is 9.93. The van der Waals surface area contributed by atoms with E-state index in [1.807, 2.05) is 35.8 Å². The van der Waals surface area contributed by atoms with Gasteiger partial charge in [-0.15, -0.1) is 0 Å². The number of hydrazine groups is 1. The Labute approximate surface area is 105 Å². The zero-order valence-electron chi connectivity index (χ0n) is 9.93. The molecule has 0 saturated carbocycles. The Balaban J connectivity index is 2.09. The van der Waals surface area contributed by atoms with Gasteiger partial charge in [0.05, 0.1) is 6.61 Å². The van der Waals surface area contributed by atoms with E-state index in [1.54, 1.807) is 0 Å². The van der Waals surface area contributed by atoms with Crippen molar-refractivity contribution in [2.45, 2.75) is 19.4 Å². The first-order chi connectivity index (χ1) is 8.72. The van der Waals surface area contributed by atoms with Crippen LogP contribution in [0.4, 0.5) is 4.79 Å². The largest absolute Gasteiger partial charge is 0.461 e.